The third-order valence-electron chi connectivity index (χ3n) is 3.63. The fourth-order valence-corrected chi connectivity index (χ4v) is 2.18. The minimum absolute atomic E-state index is 0.148. The van der Waals surface area contributed by atoms with Gasteiger partial charge < -0.3 is 5.32 Å². The Kier molecular flexibility index (Phi) is 16.5. The molecule has 0 aliphatic carbocycles. The Labute approximate surface area is 137 Å². The van der Waals surface area contributed by atoms with E-state index in [1.54, 1.807) is 7.05 Å². The lowest BCUT2D eigenvalue weighted by Gasteiger charge is -1.99. The van der Waals surface area contributed by atoms with Crippen LogP contribution >= 0.6 is 0 Å². The normalized spacial score (nSPS) is 9.36. The molecule has 0 aromatic rings. The highest BCUT2D eigenvalue weighted by molar-refractivity contribution is 5.75. The largest absolute Gasteiger partial charge is 0.359 e. The molecule has 0 bridgehead atoms. The highest BCUT2D eigenvalue weighted by atomic mass is 16.1. The van der Waals surface area contributed by atoms with E-state index in [9.17, 15) is 4.79 Å². The van der Waals surface area contributed by atoms with Crippen molar-refractivity contribution in [3.63, 3.8) is 0 Å². The predicted octanol–water partition coefficient (Wildman–Crippen LogP) is 4.83. The van der Waals surface area contributed by atoms with Gasteiger partial charge in [-0.25, -0.2) is 0 Å². The van der Waals surface area contributed by atoms with Crippen molar-refractivity contribution in [2.24, 2.45) is 0 Å². The Morgan fingerprint density at radius 2 is 1.27 bits per heavy atom. The SMILES string of the molecule is CCCCCCCC#CC#CCCCCCCCC(=O)NC. The van der Waals surface area contributed by atoms with E-state index in [1.165, 1.54) is 44.9 Å². The highest BCUT2D eigenvalue weighted by Crippen LogP contribution is 2.06. The maximum absolute atomic E-state index is 11.0. The van der Waals surface area contributed by atoms with Crippen LogP contribution in [0.25, 0.3) is 0 Å². The summed E-state index contributed by atoms with van der Waals surface area (Å²) < 4.78 is 0. The van der Waals surface area contributed by atoms with Gasteiger partial charge in [0.05, 0.1) is 0 Å². The standard InChI is InChI=1S/C20H33NO/c1-3-4-5-6-7-8-9-10-11-12-13-14-15-16-17-18-19-20(22)21-2/h3-8,13-19H2,1-2H3,(H,21,22). The van der Waals surface area contributed by atoms with Crippen molar-refractivity contribution in [2.75, 3.05) is 7.05 Å². The summed E-state index contributed by atoms with van der Waals surface area (Å²) in [7, 11) is 1.69. The number of amides is 1. The van der Waals surface area contributed by atoms with Crippen LogP contribution in [0.5, 0.6) is 0 Å². The first-order chi connectivity index (χ1) is 10.8. The summed E-state index contributed by atoms with van der Waals surface area (Å²) in [5.74, 6) is 12.3. The second kappa shape index (κ2) is 17.6. The molecule has 0 unspecified atom stereocenters. The van der Waals surface area contributed by atoms with Crippen LogP contribution in [0, 0.1) is 23.7 Å². The van der Waals surface area contributed by atoms with Crippen molar-refractivity contribution < 1.29 is 4.79 Å². The molecule has 124 valence electrons. The predicted molar refractivity (Wildman–Crippen MR) is 95.3 cm³/mol. The Balaban J connectivity index is 3.30. The van der Waals surface area contributed by atoms with E-state index in [2.05, 4.69) is 35.9 Å². The summed E-state index contributed by atoms with van der Waals surface area (Å²) >= 11 is 0. The van der Waals surface area contributed by atoms with Crippen molar-refractivity contribution in [2.45, 2.75) is 90.4 Å². The molecule has 0 saturated heterocycles. The van der Waals surface area contributed by atoms with E-state index >= 15 is 0 Å². The monoisotopic (exact) mass is 303 g/mol. The van der Waals surface area contributed by atoms with Crippen molar-refractivity contribution in [3.8, 4) is 23.7 Å². The fraction of sp³-hybridized carbons (Fsp3) is 0.750. The quantitative estimate of drug-likeness (QED) is 0.406. The van der Waals surface area contributed by atoms with Crippen LogP contribution in [-0.2, 0) is 4.79 Å². The molecular weight excluding hydrogens is 270 g/mol. The van der Waals surface area contributed by atoms with Crippen LogP contribution in [-0.4, -0.2) is 13.0 Å². The van der Waals surface area contributed by atoms with Gasteiger partial charge in [-0.15, -0.1) is 0 Å². The fourth-order valence-electron chi connectivity index (χ4n) is 2.18. The number of hydrogen-bond acceptors (Lipinski definition) is 1. The molecule has 0 aliphatic heterocycles. The van der Waals surface area contributed by atoms with Crippen LogP contribution in [0.15, 0.2) is 0 Å². The molecule has 0 radical (unpaired) electrons. The molecular formula is C20H33NO. The first-order valence-corrected chi connectivity index (χ1v) is 8.97. The number of nitrogens with one attached hydrogen (secondary N) is 1. The minimum atomic E-state index is 0.148. The molecule has 0 aliphatic rings. The van der Waals surface area contributed by atoms with Gasteiger partial charge in [0.2, 0.25) is 5.91 Å². The number of rotatable bonds is 12. The molecule has 0 rings (SSSR count). The van der Waals surface area contributed by atoms with E-state index < -0.39 is 0 Å². The van der Waals surface area contributed by atoms with Gasteiger partial charge in [0.15, 0.2) is 0 Å². The molecule has 0 saturated carbocycles. The summed E-state index contributed by atoms with van der Waals surface area (Å²) in [5.41, 5.74) is 0. The maximum atomic E-state index is 11.0. The van der Waals surface area contributed by atoms with E-state index in [0.29, 0.717) is 6.42 Å². The number of carbonyl (C=O) groups excluding carboxylic acids is 1. The molecule has 0 spiro atoms. The summed E-state index contributed by atoms with van der Waals surface area (Å²) in [6, 6.07) is 0. The second-order valence-corrected chi connectivity index (χ2v) is 5.71. The van der Waals surface area contributed by atoms with E-state index in [1.807, 2.05) is 0 Å². The Bertz CT molecular complexity index is 378. The molecule has 2 nitrogen and oxygen atoms in total. The molecule has 0 aromatic carbocycles. The van der Waals surface area contributed by atoms with Gasteiger partial charge in [0.1, 0.15) is 0 Å². The zero-order valence-electron chi connectivity index (χ0n) is 14.6. The minimum Gasteiger partial charge on any atom is -0.359 e. The Morgan fingerprint density at radius 3 is 1.82 bits per heavy atom. The van der Waals surface area contributed by atoms with E-state index in [0.717, 1.165) is 32.1 Å². The van der Waals surface area contributed by atoms with Crippen LogP contribution in [0.2, 0.25) is 0 Å². The topological polar surface area (TPSA) is 29.1 Å². The van der Waals surface area contributed by atoms with Gasteiger partial charge in [-0.05, 0) is 31.1 Å². The van der Waals surface area contributed by atoms with E-state index in [4.69, 9.17) is 0 Å². The van der Waals surface area contributed by atoms with Gasteiger partial charge in [0, 0.05) is 26.3 Å². The number of hydrogen-bond donors (Lipinski definition) is 1. The lowest BCUT2D eigenvalue weighted by atomic mass is 10.1. The second-order valence-electron chi connectivity index (χ2n) is 5.71. The smallest absolute Gasteiger partial charge is 0.219 e. The summed E-state index contributed by atoms with van der Waals surface area (Å²) in [5, 5.41) is 2.65. The summed E-state index contributed by atoms with van der Waals surface area (Å²) in [4.78, 5) is 11.0. The van der Waals surface area contributed by atoms with Gasteiger partial charge in [-0.3, -0.25) is 4.79 Å². The molecule has 0 atom stereocenters. The summed E-state index contributed by atoms with van der Waals surface area (Å²) in [6.45, 7) is 2.24. The van der Waals surface area contributed by atoms with Crippen LogP contribution < -0.4 is 5.32 Å². The van der Waals surface area contributed by atoms with Crippen molar-refractivity contribution >= 4 is 5.91 Å². The molecule has 0 aromatic heterocycles. The Hall–Kier alpha value is -1.41. The van der Waals surface area contributed by atoms with Crippen molar-refractivity contribution in [1.29, 1.82) is 0 Å². The first kappa shape index (κ1) is 20.6. The van der Waals surface area contributed by atoms with E-state index in [-0.39, 0.29) is 5.91 Å². The number of unbranched alkanes of at least 4 members (excludes halogenated alkanes) is 10. The van der Waals surface area contributed by atoms with Crippen molar-refractivity contribution in [3.05, 3.63) is 0 Å². The molecule has 22 heavy (non-hydrogen) atoms. The zero-order valence-corrected chi connectivity index (χ0v) is 14.6. The molecule has 1 amide bonds. The van der Waals surface area contributed by atoms with Gasteiger partial charge in [-0.2, -0.15) is 0 Å². The third kappa shape index (κ3) is 16.6. The molecule has 0 heterocycles. The zero-order chi connectivity index (χ0) is 16.3. The number of carbonyl (C=O) groups is 1. The van der Waals surface area contributed by atoms with Crippen molar-refractivity contribution in [1.82, 2.24) is 5.32 Å². The third-order valence-corrected chi connectivity index (χ3v) is 3.63. The summed E-state index contributed by atoms with van der Waals surface area (Å²) in [6.07, 6.45) is 14.8. The lowest BCUT2D eigenvalue weighted by Crippen LogP contribution is -2.16. The molecule has 0 fully saturated rings. The lowest BCUT2D eigenvalue weighted by molar-refractivity contribution is -0.120. The van der Waals surface area contributed by atoms with Gasteiger partial charge >= 0.3 is 0 Å². The molecule has 2 heteroatoms. The van der Waals surface area contributed by atoms with Gasteiger partial charge in [-0.1, -0.05) is 63.7 Å². The molecule has 1 N–H and O–H groups in total. The van der Waals surface area contributed by atoms with Crippen LogP contribution in [0.4, 0.5) is 0 Å². The first-order valence-electron chi connectivity index (χ1n) is 8.97. The average Bonchev–Trinajstić information content (AvgIpc) is 2.54. The van der Waals surface area contributed by atoms with Gasteiger partial charge in [0.25, 0.3) is 0 Å². The highest BCUT2D eigenvalue weighted by Gasteiger charge is 1.96. The average molecular weight is 303 g/mol. The van der Waals surface area contributed by atoms with Crippen LogP contribution in [0.1, 0.15) is 90.4 Å². The Morgan fingerprint density at radius 1 is 0.773 bits per heavy atom. The van der Waals surface area contributed by atoms with Crippen LogP contribution in [0.3, 0.4) is 0 Å². The maximum Gasteiger partial charge on any atom is 0.219 e.